The van der Waals surface area contributed by atoms with Crippen molar-refractivity contribution in [2.45, 2.75) is 19.4 Å². The van der Waals surface area contributed by atoms with Gasteiger partial charge in [0.05, 0.1) is 0 Å². The van der Waals surface area contributed by atoms with Gasteiger partial charge in [-0.15, -0.1) is 0 Å². The molecule has 0 saturated carbocycles. The summed E-state index contributed by atoms with van der Waals surface area (Å²) in [6, 6.07) is 7.86. The first-order valence-electron chi connectivity index (χ1n) is 5.14. The van der Waals surface area contributed by atoms with Crippen molar-refractivity contribution in [2.75, 3.05) is 0 Å². The Kier molecular flexibility index (Phi) is 2.64. The maximum Gasteiger partial charge on any atom is 0.120 e. The van der Waals surface area contributed by atoms with E-state index in [1.54, 1.807) is 26.2 Å². The van der Waals surface area contributed by atoms with Gasteiger partial charge in [0.2, 0.25) is 0 Å². The van der Waals surface area contributed by atoms with Crippen molar-refractivity contribution in [3.05, 3.63) is 42.2 Å². The van der Waals surface area contributed by atoms with E-state index in [-0.39, 0.29) is 0 Å². The van der Waals surface area contributed by atoms with Crippen LogP contribution in [0.25, 0.3) is 10.8 Å². The van der Waals surface area contributed by atoms with Crippen LogP contribution in [-0.2, 0) is 0 Å². The highest BCUT2D eigenvalue weighted by molar-refractivity contribution is 5.87. The minimum absolute atomic E-state index is 0.896. The fourth-order valence-electron chi connectivity index (χ4n) is 1.44. The Labute approximate surface area is 95.0 Å². The van der Waals surface area contributed by atoms with Crippen LogP contribution < -0.4 is 0 Å². The van der Waals surface area contributed by atoms with Gasteiger partial charge in [-0.3, -0.25) is 4.98 Å². The van der Waals surface area contributed by atoms with Gasteiger partial charge >= 0.3 is 0 Å². The summed E-state index contributed by atoms with van der Waals surface area (Å²) in [4.78, 5) is 4.09. The quantitative estimate of drug-likeness (QED) is 0.678. The molecule has 1 N–H and O–H groups in total. The molecule has 2 nitrogen and oxygen atoms in total. The van der Waals surface area contributed by atoms with Crippen molar-refractivity contribution in [1.82, 2.24) is 4.98 Å². The summed E-state index contributed by atoms with van der Waals surface area (Å²) in [5, 5.41) is 11.7. The van der Waals surface area contributed by atoms with Gasteiger partial charge in [0.15, 0.2) is 0 Å². The van der Waals surface area contributed by atoms with Gasteiger partial charge in [-0.1, -0.05) is 24.0 Å². The van der Waals surface area contributed by atoms with Crippen molar-refractivity contribution in [1.29, 1.82) is 0 Å². The summed E-state index contributed by atoms with van der Waals surface area (Å²) in [5.41, 5.74) is -0.0718. The van der Waals surface area contributed by atoms with E-state index < -0.39 is 5.60 Å². The third-order valence-electron chi connectivity index (χ3n) is 2.19. The minimum atomic E-state index is -0.968. The van der Waals surface area contributed by atoms with Crippen molar-refractivity contribution >= 4 is 10.8 Å². The molecule has 0 amide bonds. The van der Waals surface area contributed by atoms with Gasteiger partial charge in [-0.2, -0.15) is 0 Å². The molecule has 0 bridgehead atoms. The Morgan fingerprint density at radius 1 is 1.25 bits per heavy atom. The predicted molar refractivity (Wildman–Crippen MR) is 64.9 cm³/mol. The molecule has 2 aromatic rings. The van der Waals surface area contributed by atoms with Crippen LogP contribution >= 0.6 is 0 Å². The van der Waals surface area contributed by atoms with E-state index in [1.807, 2.05) is 24.3 Å². The van der Waals surface area contributed by atoms with Crippen LogP contribution in [0.3, 0.4) is 0 Å². The van der Waals surface area contributed by atoms with E-state index in [2.05, 4.69) is 16.8 Å². The molecule has 2 rings (SSSR count). The molecule has 1 aromatic carbocycles. The lowest BCUT2D eigenvalue weighted by atomic mass is 10.1. The molecule has 2 heteroatoms. The molecule has 16 heavy (non-hydrogen) atoms. The number of aromatic nitrogens is 1. The van der Waals surface area contributed by atoms with E-state index >= 15 is 0 Å². The second-order valence-corrected chi connectivity index (χ2v) is 4.21. The first kappa shape index (κ1) is 10.7. The van der Waals surface area contributed by atoms with Gasteiger partial charge < -0.3 is 5.11 Å². The van der Waals surface area contributed by atoms with E-state index in [0.717, 1.165) is 16.3 Å². The number of pyridine rings is 1. The highest BCUT2D eigenvalue weighted by Gasteiger charge is 2.06. The summed E-state index contributed by atoms with van der Waals surface area (Å²) < 4.78 is 0. The summed E-state index contributed by atoms with van der Waals surface area (Å²) in [5.74, 6) is 5.80. The monoisotopic (exact) mass is 211 g/mol. The highest BCUT2D eigenvalue weighted by atomic mass is 16.3. The van der Waals surface area contributed by atoms with Gasteiger partial charge in [0.25, 0.3) is 0 Å². The molecular formula is C14H13NO. The molecule has 80 valence electrons. The Bertz CT molecular complexity index is 565. The average molecular weight is 211 g/mol. The lowest BCUT2D eigenvalue weighted by molar-refractivity contribution is 0.143. The number of hydrogen-bond acceptors (Lipinski definition) is 2. The SMILES string of the molecule is CC(C)(O)C#Cc1cccc2ccncc12. The standard InChI is InChI=1S/C14H13NO/c1-14(2,16)8-6-11-4-3-5-12-7-9-15-10-13(11)12/h3-5,7,9-10,16H,1-2H3. The molecule has 0 spiro atoms. The first-order valence-corrected chi connectivity index (χ1v) is 5.14. The number of aliphatic hydroxyl groups is 1. The fraction of sp³-hybridized carbons (Fsp3) is 0.214. The third-order valence-corrected chi connectivity index (χ3v) is 2.19. The minimum Gasteiger partial charge on any atom is -0.378 e. The fourth-order valence-corrected chi connectivity index (χ4v) is 1.44. The molecule has 0 aliphatic carbocycles. The molecule has 0 saturated heterocycles. The zero-order valence-electron chi connectivity index (χ0n) is 9.36. The van der Waals surface area contributed by atoms with Gasteiger partial charge in [-0.05, 0) is 31.4 Å². The van der Waals surface area contributed by atoms with Gasteiger partial charge in [0.1, 0.15) is 5.60 Å². The Hall–Kier alpha value is -1.85. The van der Waals surface area contributed by atoms with Crippen LogP contribution in [0.1, 0.15) is 19.4 Å². The highest BCUT2D eigenvalue weighted by Crippen LogP contribution is 2.16. The molecule has 0 unspecified atom stereocenters. The number of benzene rings is 1. The third kappa shape index (κ3) is 2.39. The zero-order valence-corrected chi connectivity index (χ0v) is 9.36. The number of nitrogens with zero attached hydrogens (tertiary/aromatic N) is 1. The van der Waals surface area contributed by atoms with Crippen LogP contribution in [0, 0.1) is 11.8 Å². The molecule has 0 aliphatic rings. The van der Waals surface area contributed by atoms with Crippen molar-refractivity contribution in [2.24, 2.45) is 0 Å². The lowest BCUT2D eigenvalue weighted by Crippen LogP contribution is -2.14. The van der Waals surface area contributed by atoms with Crippen LogP contribution in [0.15, 0.2) is 36.7 Å². The lowest BCUT2D eigenvalue weighted by Gasteiger charge is -2.06. The average Bonchev–Trinajstić information content (AvgIpc) is 2.25. The van der Waals surface area contributed by atoms with Crippen LogP contribution in [0.5, 0.6) is 0 Å². The zero-order chi connectivity index (χ0) is 11.6. The molecule has 1 heterocycles. The van der Waals surface area contributed by atoms with Crippen LogP contribution in [-0.4, -0.2) is 15.7 Å². The second-order valence-electron chi connectivity index (χ2n) is 4.21. The normalized spacial score (nSPS) is 10.9. The van der Waals surface area contributed by atoms with Gasteiger partial charge in [0, 0.05) is 23.3 Å². The van der Waals surface area contributed by atoms with Crippen LogP contribution in [0.4, 0.5) is 0 Å². The number of hydrogen-bond donors (Lipinski definition) is 1. The van der Waals surface area contributed by atoms with Crippen molar-refractivity contribution < 1.29 is 5.11 Å². The summed E-state index contributed by atoms with van der Waals surface area (Å²) in [7, 11) is 0. The molecule has 0 radical (unpaired) electrons. The van der Waals surface area contributed by atoms with E-state index in [9.17, 15) is 5.11 Å². The predicted octanol–water partition coefficient (Wildman–Crippen LogP) is 2.36. The number of fused-ring (bicyclic) bond motifs is 1. The molecule has 0 atom stereocenters. The summed E-state index contributed by atoms with van der Waals surface area (Å²) >= 11 is 0. The molecule has 0 aliphatic heterocycles. The van der Waals surface area contributed by atoms with Crippen molar-refractivity contribution in [3.63, 3.8) is 0 Å². The Morgan fingerprint density at radius 3 is 2.81 bits per heavy atom. The smallest absolute Gasteiger partial charge is 0.120 e. The first-order chi connectivity index (χ1) is 7.56. The molecule has 1 aromatic heterocycles. The molecular weight excluding hydrogens is 198 g/mol. The maximum absolute atomic E-state index is 9.56. The van der Waals surface area contributed by atoms with E-state index in [1.165, 1.54) is 0 Å². The Morgan fingerprint density at radius 2 is 2.06 bits per heavy atom. The summed E-state index contributed by atoms with van der Waals surface area (Å²) in [6.07, 6.45) is 3.55. The Balaban J connectivity index is 2.56. The summed E-state index contributed by atoms with van der Waals surface area (Å²) in [6.45, 7) is 3.34. The second kappa shape index (κ2) is 3.96. The van der Waals surface area contributed by atoms with E-state index in [0.29, 0.717) is 0 Å². The van der Waals surface area contributed by atoms with Crippen LogP contribution in [0.2, 0.25) is 0 Å². The largest absolute Gasteiger partial charge is 0.378 e. The van der Waals surface area contributed by atoms with E-state index in [4.69, 9.17) is 0 Å². The van der Waals surface area contributed by atoms with Gasteiger partial charge in [-0.25, -0.2) is 0 Å². The van der Waals surface area contributed by atoms with Crippen molar-refractivity contribution in [3.8, 4) is 11.8 Å². The topological polar surface area (TPSA) is 33.1 Å². The number of rotatable bonds is 0. The molecule has 0 fully saturated rings. The maximum atomic E-state index is 9.56.